The molecule has 2 aromatic carbocycles. The second-order valence-electron chi connectivity index (χ2n) is 7.31. The summed E-state index contributed by atoms with van der Waals surface area (Å²) < 4.78 is 21.4. The average molecular weight is 510 g/mol. The van der Waals surface area contributed by atoms with Crippen LogP contribution >= 0.6 is 28.1 Å². The van der Waals surface area contributed by atoms with E-state index in [1.54, 1.807) is 48.7 Å². The topological polar surface area (TPSA) is 61.5 Å². The Morgan fingerprint density at radius 3 is 2.62 bits per heavy atom. The first-order valence-corrected chi connectivity index (χ1v) is 11.1. The molecular formula is C24H17BrFN3O2S. The van der Waals surface area contributed by atoms with E-state index in [1.807, 2.05) is 29.2 Å². The number of phenolic OH excluding ortho intramolecular Hbond substituents is 1. The number of anilines is 1. The fraction of sp³-hybridized carbons (Fsp3) is 0.0833. The molecule has 5 rings (SSSR count). The monoisotopic (exact) mass is 509 g/mol. The fourth-order valence-electron chi connectivity index (χ4n) is 3.92. The molecule has 0 saturated carbocycles. The standard InChI is InChI=1S/C24H17BrFN3O2S/c25-14-8-9-15(16(26)13-14)20-10-11-21(31-20)23-22(17-5-3-4-12-27-17)28-24(32)29(23)18-6-1-2-7-19(18)30/h1-13,22-23,30H,(H,28,32)/t22-,23-/m0/s1. The van der Waals surface area contributed by atoms with Gasteiger partial charge in [-0.25, -0.2) is 4.39 Å². The van der Waals surface area contributed by atoms with Gasteiger partial charge in [0, 0.05) is 10.7 Å². The van der Waals surface area contributed by atoms with Crippen LogP contribution in [-0.4, -0.2) is 15.2 Å². The number of aromatic hydroxyl groups is 1. The molecule has 0 spiro atoms. The molecule has 0 aliphatic carbocycles. The van der Waals surface area contributed by atoms with Crippen LogP contribution in [0.5, 0.6) is 5.75 Å². The number of phenols is 1. The lowest BCUT2D eigenvalue weighted by atomic mass is 10.0. The Bertz CT molecular complexity index is 1300. The van der Waals surface area contributed by atoms with Crippen LogP contribution in [0.3, 0.4) is 0 Å². The predicted molar refractivity (Wildman–Crippen MR) is 128 cm³/mol. The van der Waals surface area contributed by atoms with E-state index in [9.17, 15) is 9.50 Å². The molecule has 8 heteroatoms. The van der Waals surface area contributed by atoms with E-state index in [2.05, 4.69) is 26.2 Å². The van der Waals surface area contributed by atoms with Gasteiger partial charge in [-0.15, -0.1) is 0 Å². The first-order chi connectivity index (χ1) is 15.5. The number of para-hydroxylation sites is 2. The minimum Gasteiger partial charge on any atom is -0.506 e. The van der Waals surface area contributed by atoms with E-state index in [4.69, 9.17) is 16.6 Å². The molecule has 3 heterocycles. The molecule has 0 radical (unpaired) electrons. The molecule has 160 valence electrons. The third-order valence-electron chi connectivity index (χ3n) is 5.35. The first kappa shape index (κ1) is 20.7. The number of furan rings is 1. The summed E-state index contributed by atoms with van der Waals surface area (Å²) in [7, 11) is 0. The van der Waals surface area contributed by atoms with Crippen molar-refractivity contribution in [2.24, 2.45) is 0 Å². The largest absolute Gasteiger partial charge is 0.506 e. The zero-order valence-electron chi connectivity index (χ0n) is 16.6. The van der Waals surface area contributed by atoms with Gasteiger partial charge < -0.3 is 19.7 Å². The van der Waals surface area contributed by atoms with Crippen LogP contribution in [0.4, 0.5) is 10.1 Å². The molecule has 1 saturated heterocycles. The van der Waals surface area contributed by atoms with E-state index in [0.717, 1.165) is 5.69 Å². The van der Waals surface area contributed by atoms with E-state index in [-0.39, 0.29) is 17.6 Å². The molecule has 1 aliphatic heterocycles. The van der Waals surface area contributed by atoms with Gasteiger partial charge in [0.2, 0.25) is 0 Å². The number of hydrogen-bond acceptors (Lipinski definition) is 4. The molecule has 4 aromatic rings. The van der Waals surface area contributed by atoms with Crippen LogP contribution < -0.4 is 10.2 Å². The van der Waals surface area contributed by atoms with Gasteiger partial charge in [0.1, 0.15) is 29.1 Å². The Kier molecular flexibility index (Phi) is 5.40. The van der Waals surface area contributed by atoms with Crippen LogP contribution in [0.2, 0.25) is 0 Å². The van der Waals surface area contributed by atoms with Crippen molar-refractivity contribution in [2.75, 3.05) is 4.90 Å². The number of nitrogens with zero attached hydrogens (tertiary/aromatic N) is 2. The van der Waals surface area contributed by atoms with Crippen LogP contribution in [0, 0.1) is 5.82 Å². The average Bonchev–Trinajstić information content (AvgIpc) is 3.39. The summed E-state index contributed by atoms with van der Waals surface area (Å²) in [6.07, 6.45) is 1.71. The van der Waals surface area contributed by atoms with Gasteiger partial charge in [0.05, 0.1) is 23.0 Å². The lowest BCUT2D eigenvalue weighted by Crippen LogP contribution is -2.29. The van der Waals surface area contributed by atoms with Crippen molar-refractivity contribution >= 4 is 38.9 Å². The second-order valence-corrected chi connectivity index (χ2v) is 8.61. The second kappa shape index (κ2) is 8.37. The van der Waals surface area contributed by atoms with Crippen molar-refractivity contribution in [1.29, 1.82) is 0 Å². The van der Waals surface area contributed by atoms with Crippen LogP contribution in [0.25, 0.3) is 11.3 Å². The number of benzene rings is 2. The maximum Gasteiger partial charge on any atom is 0.174 e. The molecule has 1 aliphatic rings. The van der Waals surface area contributed by atoms with Crippen molar-refractivity contribution in [3.8, 4) is 17.1 Å². The molecule has 0 bridgehead atoms. The van der Waals surface area contributed by atoms with Crippen LogP contribution in [-0.2, 0) is 0 Å². The molecule has 1 fully saturated rings. The minimum absolute atomic E-state index is 0.0917. The molecule has 0 unspecified atom stereocenters. The highest BCUT2D eigenvalue weighted by Crippen LogP contribution is 2.45. The van der Waals surface area contributed by atoms with E-state index >= 15 is 0 Å². The summed E-state index contributed by atoms with van der Waals surface area (Å²) in [6.45, 7) is 0. The smallest absolute Gasteiger partial charge is 0.174 e. The number of halogens is 2. The summed E-state index contributed by atoms with van der Waals surface area (Å²) in [6, 6.07) is 20.2. The van der Waals surface area contributed by atoms with Gasteiger partial charge in [0.25, 0.3) is 0 Å². The third-order valence-corrected chi connectivity index (χ3v) is 6.16. The Morgan fingerprint density at radius 1 is 1.06 bits per heavy atom. The first-order valence-electron chi connectivity index (χ1n) is 9.87. The van der Waals surface area contributed by atoms with Crippen LogP contribution in [0.15, 0.2) is 87.9 Å². The van der Waals surface area contributed by atoms with Gasteiger partial charge in [0.15, 0.2) is 5.11 Å². The normalized spacial score (nSPS) is 18.1. The highest BCUT2D eigenvalue weighted by Gasteiger charge is 2.43. The van der Waals surface area contributed by atoms with Crippen molar-refractivity contribution in [3.05, 3.63) is 101 Å². The van der Waals surface area contributed by atoms with E-state index in [0.29, 0.717) is 32.4 Å². The lowest BCUT2D eigenvalue weighted by Gasteiger charge is -2.26. The van der Waals surface area contributed by atoms with E-state index in [1.165, 1.54) is 6.07 Å². The molecule has 2 atom stereocenters. The molecule has 2 aromatic heterocycles. The van der Waals surface area contributed by atoms with Gasteiger partial charge >= 0.3 is 0 Å². The number of thiocarbonyl (C=S) groups is 1. The zero-order chi connectivity index (χ0) is 22.2. The summed E-state index contributed by atoms with van der Waals surface area (Å²) in [5, 5.41) is 14.3. The molecular weight excluding hydrogens is 493 g/mol. The lowest BCUT2D eigenvalue weighted by molar-refractivity contribution is 0.433. The number of rotatable bonds is 4. The van der Waals surface area contributed by atoms with Crippen molar-refractivity contribution in [2.45, 2.75) is 12.1 Å². The maximum absolute atomic E-state index is 14.5. The van der Waals surface area contributed by atoms with Crippen LogP contribution in [0.1, 0.15) is 23.5 Å². The highest BCUT2D eigenvalue weighted by molar-refractivity contribution is 9.10. The predicted octanol–water partition coefficient (Wildman–Crippen LogP) is 6.13. The zero-order valence-corrected chi connectivity index (χ0v) is 19.0. The van der Waals surface area contributed by atoms with Crippen molar-refractivity contribution < 1.29 is 13.9 Å². The fourth-order valence-corrected chi connectivity index (χ4v) is 4.59. The molecule has 5 nitrogen and oxygen atoms in total. The molecule has 2 N–H and O–H groups in total. The number of nitrogens with one attached hydrogen (secondary N) is 1. The van der Waals surface area contributed by atoms with Gasteiger partial charge in [-0.2, -0.15) is 0 Å². The quantitative estimate of drug-likeness (QED) is 0.323. The van der Waals surface area contributed by atoms with Gasteiger partial charge in [-0.3, -0.25) is 4.98 Å². The Morgan fingerprint density at radius 2 is 1.88 bits per heavy atom. The SMILES string of the molecule is Oc1ccccc1N1C(=S)N[C@@H](c2ccccn2)[C@@H]1c1ccc(-c2ccc(Br)cc2F)o1. The van der Waals surface area contributed by atoms with Gasteiger partial charge in [-0.1, -0.05) is 34.1 Å². The summed E-state index contributed by atoms with van der Waals surface area (Å²) in [4.78, 5) is 6.30. The summed E-state index contributed by atoms with van der Waals surface area (Å²) in [5.41, 5.74) is 1.67. The van der Waals surface area contributed by atoms with Crippen molar-refractivity contribution in [3.63, 3.8) is 0 Å². The summed E-state index contributed by atoms with van der Waals surface area (Å²) >= 11 is 8.92. The number of pyridine rings is 1. The highest BCUT2D eigenvalue weighted by atomic mass is 79.9. The third kappa shape index (κ3) is 3.65. The van der Waals surface area contributed by atoms with Gasteiger partial charge in [-0.05, 0) is 66.8 Å². The Labute approximate surface area is 197 Å². The van der Waals surface area contributed by atoms with E-state index < -0.39 is 6.04 Å². The maximum atomic E-state index is 14.5. The number of aromatic nitrogens is 1. The molecule has 0 amide bonds. The minimum atomic E-state index is -0.446. The Balaban J connectivity index is 1.62. The Hall–Kier alpha value is -3.23. The van der Waals surface area contributed by atoms with Crippen molar-refractivity contribution in [1.82, 2.24) is 10.3 Å². The summed E-state index contributed by atoms with van der Waals surface area (Å²) in [5.74, 6) is 0.668. The molecule has 32 heavy (non-hydrogen) atoms. The number of hydrogen-bond donors (Lipinski definition) is 2.